The fraction of sp³-hybridized carbons (Fsp3) is 0.0571. The number of pyridine rings is 1. The Morgan fingerprint density at radius 1 is 0.850 bits per heavy atom. The first-order valence-corrected chi connectivity index (χ1v) is 14.0. The standard InChI is InChI=1S/C35H28N4S/c1-4-5-15-28(24(2)3)35-37-31(25-12-11-20-36-23-25)22-34(38-35)40-27-14-10-13-26(21-27)39-32-18-8-6-16-29(32)30-17-7-9-19-33(30)39/h4-23H,2H2,1,3H3. The molecule has 5 heteroatoms. The van der Waals surface area contributed by atoms with E-state index in [-0.39, 0.29) is 0 Å². The van der Waals surface area contributed by atoms with E-state index in [1.54, 1.807) is 18.0 Å². The Morgan fingerprint density at radius 2 is 1.60 bits per heavy atom. The smallest absolute Gasteiger partial charge is 0.161 e. The molecule has 0 aliphatic carbocycles. The number of hydrogen-bond acceptors (Lipinski definition) is 4. The van der Waals surface area contributed by atoms with Crippen molar-refractivity contribution >= 4 is 39.1 Å². The molecular formula is C35H28N4S. The van der Waals surface area contributed by atoms with Crippen molar-refractivity contribution in [2.75, 3.05) is 0 Å². The molecule has 3 aromatic heterocycles. The predicted molar refractivity (Wildman–Crippen MR) is 168 cm³/mol. The summed E-state index contributed by atoms with van der Waals surface area (Å²) in [5.74, 6) is 0.646. The largest absolute Gasteiger partial charge is 0.309 e. The van der Waals surface area contributed by atoms with Crippen molar-refractivity contribution in [3.05, 3.63) is 140 Å². The normalized spacial score (nSPS) is 12.0. The minimum atomic E-state index is 0.646. The predicted octanol–water partition coefficient (Wildman–Crippen LogP) is 9.32. The molecule has 0 saturated heterocycles. The lowest BCUT2D eigenvalue weighted by molar-refractivity contribution is 1.01. The van der Waals surface area contributed by atoms with E-state index in [4.69, 9.17) is 9.97 Å². The monoisotopic (exact) mass is 536 g/mol. The first-order chi connectivity index (χ1) is 19.6. The van der Waals surface area contributed by atoms with E-state index in [2.05, 4.69) is 88.9 Å². The van der Waals surface area contributed by atoms with Gasteiger partial charge in [-0.15, -0.1) is 0 Å². The summed E-state index contributed by atoms with van der Waals surface area (Å²) in [5, 5.41) is 3.35. The van der Waals surface area contributed by atoms with Gasteiger partial charge >= 0.3 is 0 Å². The molecule has 6 aromatic rings. The van der Waals surface area contributed by atoms with Crippen LogP contribution in [-0.4, -0.2) is 19.5 Å². The van der Waals surface area contributed by atoms with E-state index in [1.807, 2.05) is 56.5 Å². The maximum absolute atomic E-state index is 4.98. The van der Waals surface area contributed by atoms with Gasteiger partial charge in [0.25, 0.3) is 0 Å². The third kappa shape index (κ3) is 4.99. The second kappa shape index (κ2) is 11.2. The SMILES string of the molecule is C=C(C)C(=CC=CC)c1nc(Sc2cccc(-n3c4ccccc4c4ccccc43)c2)cc(-c2cccnc2)n1. The highest BCUT2D eigenvalue weighted by molar-refractivity contribution is 7.99. The molecule has 0 aliphatic rings. The van der Waals surface area contributed by atoms with Crippen LogP contribution in [0.3, 0.4) is 0 Å². The van der Waals surface area contributed by atoms with Gasteiger partial charge in [-0.1, -0.05) is 79.0 Å². The van der Waals surface area contributed by atoms with Crippen LogP contribution in [0.1, 0.15) is 19.7 Å². The Kier molecular flexibility index (Phi) is 7.13. The van der Waals surface area contributed by atoms with Gasteiger partial charge in [-0.3, -0.25) is 4.98 Å². The van der Waals surface area contributed by atoms with Gasteiger partial charge in [0.15, 0.2) is 5.82 Å². The van der Waals surface area contributed by atoms with Crippen molar-refractivity contribution < 1.29 is 0 Å². The summed E-state index contributed by atoms with van der Waals surface area (Å²) in [4.78, 5) is 15.3. The molecule has 0 amide bonds. The van der Waals surface area contributed by atoms with E-state index in [0.29, 0.717) is 5.82 Å². The van der Waals surface area contributed by atoms with Crippen molar-refractivity contribution in [2.45, 2.75) is 23.8 Å². The number of rotatable bonds is 7. The summed E-state index contributed by atoms with van der Waals surface area (Å²) >= 11 is 1.63. The van der Waals surface area contributed by atoms with Gasteiger partial charge in [0, 0.05) is 44.9 Å². The molecule has 6 rings (SSSR count). The third-order valence-electron chi connectivity index (χ3n) is 6.69. The molecule has 40 heavy (non-hydrogen) atoms. The van der Waals surface area contributed by atoms with Gasteiger partial charge in [0.2, 0.25) is 0 Å². The average Bonchev–Trinajstić information content (AvgIpc) is 3.32. The highest BCUT2D eigenvalue weighted by atomic mass is 32.2. The van der Waals surface area contributed by atoms with Gasteiger partial charge < -0.3 is 4.57 Å². The van der Waals surface area contributed by atoms with Crippen molar-refractivity contribution in [1.82, 2.24) is 19.5 Å². The van der Waals surface area contributed by atoms with Crippen LogP contribution in [0.15, 0.2) is 144 Å². The second-order valence-corrected chi connectivity index (χ2v) is 10.6. The number of aromatic nitrogens is 4. The molecule has 3 aromatic carbocycles. The van der Waals surface area contributed by atoms with Gasteiger partial charge in [0.1, 0.15) is 5.03 Å². The van der Waals surface area contributed by atoms with Crippen molar-refractivity contribution in [2.24, 2.45) is 0 Å². The Hall–Kier alpha value is -4.74. The Balaban J connectivity index is 1.46. The maximum Gasteiger partial charge on any atom is 0.161 e. The van der Waals surface area contributed by atoms with Crippen molar-refractivity contribution in [3.63, 3.8) is 0 Å². The topological polar surface area (TPSA) is 43.6 Å². The van der Waals surface area contributed by atoms with Crippen LogP contribution in [0, 0.1) is 0 Å². The summed E-state index contributed by atoms with van der Waals surface area (Å²) in [6, 6.07) is 31.7. The molecule has 3 heterocycles. The van der Waals surface area contributed by atoms with Crippen LogP contribution in [0.4, 0.5) is 0 Å². The van der Waals surface area contributed by atoms with E-state index in [1.165, 1.54) is 21.8 Å². The molecule has 0 fully saturated rings. The molecular weight excluding hydrogens is 508 g/mol. The lowest BCUT2D eigenvalue weighted by Gasteiger charge is -2.12. The number of nitrogens with zero attached hydrogens (tertiary/aromatic N) is 4. The van der Waals surface area contributed by atoms with Crippen LogP contribution in [-0.2, 0) is 0 Å². The van der Waals surface area contributed by atoms with Gasteiger partial charge in [-0.2, -0.15) is 0 Å². The Morgan fingerprint density at radius 3 is 2.27 bits per heavy atom. The van der Waals surface area contributed by atoms with Crippen LogP contribution < -0.4 is 0 Å². The molecule has 4 nitrogen and oxygen atoms in total. The van der Waals surface area contributed by atoms with Crippen LogP contribution >= 0.6 is 11.8 Å². The molecule has 0 N–H and O–H groups in total. The quantitative estimate of drug-likeness (QED) is 0.151. The number of fused-ring (bicyclic) bond motifs is 3. The summed E-state index contributed by atoms with van der Waals surface area (Å²) in [7, 11) is 0. The summed E-state index contributed by atoms with van der Waals surface area (Å²) in [6.07, 6.45) is 9.60. The lowest BCUT2D eigenvalue weighted by Crippen LogP contribution is -1.99. The zero-order valence-electron chi connectivity index (χ0n) is 22.5. The van der Waals surface area contributed by atoms with Crippen LogP contribution in [0.25, 0.3) is 44.3 Å². The van der Waals surface area contributed by atoms with Gasteiger partial charge in [-0.05, 0) is 68.0 Å². The first kappa shape index (κ1) is 25.5. The average molecular weight is 537 g/mol. The minimum Gasteiger partial charge on any atom is -0.309 e. The van der Waals surface area contributed by atoms with Gasteiger partial charge in [0.05, 0.1) is 16.7 Å². The molecule has 0 radical (unpaired) electrons. The Labute approximate surface area is 238 Å². The molecule has 0 saturated carbocycles. The zero-order valence-corrected chi connectivity index (χ0v) is 23.3. The highest BCUT2D eigenvalue weighted by Crippen LogP contribution is 2.35. The molecule has 194 valence electrons. The van der Waals surface area contributed by atoms with Crippen molar-refractivity contribution in [1.29, 1.82) is 0 Å². The number of para-hydroxylation sites is 2. The Bertz CT molecular complexity index is 1860. The van der Waals surface area contributed by atoms with Gasteiger partial charge in [-0.25, -0.2) is 9.97 Å². The molecule has 0 bridgehead atoms. The van der Waals surface area contributed by atoms with E-state index >= 15 is 0 Å². The van der Waals surface area contributed by atoms with Crippen LogP contribution in [0.2, 0.25) is 0 Å². The fourth-order valence-electron chi connectivity index (χ4n) is 4.87. The summed E-state index contributed by atoms with van der Waals surface area (Å²) in [6.45, 7) is 8.16. The number of hydrogen-bond donors (Lipinski definition) is 0. The third-order valence-corrected chi connectivity index (χ3v) is 7.60. The first-order valence-electron chi connectivity index (χ1n) is 13.2. The van der Waals surface area contributed by atoms with E-state index in [9.17, 15) is 0 Å². The minimum absolute atomic E-state index is 0.646. The maximum atomic E-state index is 4.98. The molecule has 0 unspecified atom stereocenters. The van der Waals surface area contributed by atoms with Crippen molar-refractivity contribution in [3.8, 4) is 16.9 Å². The van der Waals surface area contributed by atoms with E-state index in [0.717, 1.165) is 38.0 Å². The molecule has 0 aliphatic heterocycles. The summed E-state index contributed by atoms with van der Waals surface area (Å²) in [5.41, 5.74) is 7.07. The van der Waals surface area contributed by atoms with Crippen LogP contribution in [0.5, 0.6) is 0 Å². The molecule has 0 spiro atoms. The number of benzene rings is 3. The fourth-order valence-corrected chi connectivity index (χ4v) is 5.74. The molecule has 0 atom stereocenters. The summed E-state index contributed by atoms with van der Waals surface area (Å²) < 4.78 is 2.33. The zero-order chi connectivity index (χ0) is 27.5. The highest BCUT2D eigenvalue weighted by Gasteiger charge is 2.15. The van der Waals surface area contributed by atoms with E-state index < -0.39 is 0 Å². The second-order valence-electron chi connectivity index (χ2n) is 9.51. The number of allylic oxidation sites excluding steroid dienone is 5. The lowest BCUT2D eigenvalue weighted by atomic mass is 10.1.